The Hall–Kier alpha value is -1.94. The first-order valence-electron chi connectivity index (χ1n) is 6.89. The Morgan fingerprint density at radius 3 is 2.75 bits per heavy atom. The van der Waals surface area contributed by atoms with Gasteiger partial charge in [0.2, 0.25) is 0 Å². The van der Waals surface area contributed by atoms with Gasteiger partial charge < -0.3 is 10.6 Å². The molecule has 0 saturated carbocycles. The number of nitrogens with two attached hydrogens (primary N) is 1. The van der Waals surface area contributed by atoms with Crippen molar-refractivity contribution >= 4 is 5.69 Å². The molecule has 1 heterocycles. The highest BCUT2D eigenvalue weighted by molar-refractivity contribution is 5.46. The van der Waals surface area contributed by atoms with E-state index in [1.54, 1.807) is 18.3 Å². The summed E-state index contributed by atoms with van der Waals surface area (Å²) in [5, 5.41) is 0. The quantitative estimate of drug-likeness (QED) is 0.843. The lowest BCUT2D eigenvalue weighted by Gasteiger charge is -2.24. The maximum Gasteiger partial charge on any atom is 0.125 e. The standard InChI is InChI=1S/C16H20FN3/c17-15-5-1-6-16(12-15)20(10-3-8-18)11-7-14-4-2-9-19-13-14/h1-2,4-6,9,12-13H,3,7-8,10-11,18H2. The van der Waals surface area contributed by atoms with Crippen LogP contribution in [0, 0.1) is 5.82 Å². The smallest absolute Gasteiger partial charge is 0.125 e. The van der Waals surface area contributed by atoms with Crippen molar-refractivity contribution in [1.82, 2.24) is 4.98 Å². The van der Waals surface area contributed by atoms with Crippen molar-refractivity contribution in [3.8, 4) is 0 Å². The lowest BCUT2D eigenvalue weighted by Crippen LogP contribution is -2.28. The molecule has 0 atom stereocenters. The van der Waals surface area contributed by atoms with E-state index in [9.17, 15) is 4.39 Å². The zero-order valence-electron chi connectivity index (χ0n) is 11.5. The van der Waals surface area contributed by atoms with Gasteiger partial charge in [0, 0.05) is 31.2 Å². The first-order valence-corrected chi connectivity index (χ1v) is 6.89. The Morgan fingerprint density at radius 2 is 2.05 bits per heavy atom. The Labute approximate surface area is 119 Å². The molecule has 0 spiro atoms. The molecule has 106 valence electrons. The van der Waals surface area contributed by atoms with Crippen LogP contribution in [-0.2, 0) is 6.42 Å². The molecule has 0 bridgehead atoms. The summed E-state index contributed by atoms with van der Waals surface area (Å²) in [6, 6.07) is 10.7. The van der Waals surface area contributed by atoms with Gasteiger partial charge in [-0.25, -0.2) is 4.39 Å². The van der Waals surface area contributed by atoms with Gasteiger partial charge in [0.05, 0.1) is 0 Å². The molecule has 0 aliphatic carbocycles. The van der Waals surface area contributed by atoms with E-state index in [0.29, 0.717) is 6.54 Å². The fourth-order valence-electron chi connectivity index (χ4n) is 2.14. The maximum atomic E-state index is 13.4. The number of benzene rings is 1. The van der Waals surface area contributed by atoms with Crippen molar-refractivity contribution in [2.75, 3.05) is 24.5 Å². The molecule has 20 heavy (non-hydrogen) atoms. The number of hydrogen-bond donors (Lipinski definition) is 1. The van der Waals surface area contributed by atoms with E-state index < -0.39 is 0 Å². The van der Waals surface area contributed by atoms with Crippen molar-refractivity contribution < 1.29 is 4.39 Å². The molecule has 0 saturated heterocycles. The first-order chi connectivity index (χ1) is 9.79. The minimum Gasteiger partial charge on any atom is -0.371 e. The van der Waals surface area contributed by atoms with Gasteiger partial charge in [-0.1, -0.05) is 12.1 Å². The van der Waals surface area contributed by atoms with Crippen molar-refractivity contribution in [2.24, 2.45) is 5.73 Å². The van der Waals surface area contributed by atoms with E-state index in [1.807, 2.05) is 18.3 Å². The number of aromatic nitrogens is 1. The molecule has 3 nitrogen and oxygen atoms in total. The molecular formula is C16H20FN3. The third-order valence-corrected chi connectivity index (χ3v) is 3.20. The highest BCUT2D eigenvalue weighted by Crippen LogP contribution is 2.16. The predicted molar refractivity (Wildman–Crippen MR) is 80.2 cm³/mol. The summed E-state index contributed by atoms with van der Waals surface area (Å²) >= 11 is 0. The highest BCUT2D eigenvalue weighted by Gasteiger charge is 2.07. The molecule has 0 fully saturated rings. The van der Waals surface area contributed by atoms with Crippen LogP contribution >= 0.6 is 0 Å². The highest BCUT2D eigenvalue weighted by atomic mass is 19.1. The number of anilines is 1. The van der Waals surface area contributed by atoms with Gasteiger partial charge in [-0.15, -0.1) is 0 Å². The summed E-state index contributed by atoms with van der Waals surface area (Å²) < 4.78 is 13.4. The second-order valence-electron chi connectivity index (χ2n) is 4.72. The first kappa shape index (κ1) is 14.5. The summed E-state index contributed by atoms with van der Waals surface area (Å²) in [6.07, 6.45) is 5.41. The van der Waals surface area contributed by atoms with Crippen molar-refractivity contribution in [1.29, 1.82) is 0 Å². The van der Waals surface area contributed by atoms with Crippen molar-refractivity contribution in [2.45, 2.75) is 12.8 Å². The number of pyridine rings is 1. The molecule has 1 aromatic carbocycles. The molecule has 4 heteroatoms. The van der Waals surface area contributed by atoms with E-state index in [0.717, 1.165) is 31.6 Å². The minimum atomic E-state index is -0.207. The fourth-order valence-corrected chi connectivity index (χ4v) is 2.14. The van der Waals surface area contributed by atoms with E-state index in [1.165, 1.54) is 11.6 Å². The number of hydrogen-bond acceptors (Lipinski definition) is 3. The van der Waals surface area contributed by atoms with Crippen molar-refractivity contribution in [3.63, 3.8) is 0 Å². The summed E-state index contributed by atoms with van der Waals surface area (Å²) in [4.78, 5) is 6.28. The van der Waals surface area contributed by atoms with Crippen LogP contribution in [0.4, 0.5) is 10.1 Å². The average Bonchev–Trinajstić information content (AvgIpc) is 2.48. The van der Waals surface area contributed by atoms with Crippen LogP contribution in [0.3, 0.4) is 0 Å². The van der Waals surface area contributed by atoms with Gasteiger partial charge in [0.1, 0.15) is 5.82 Å². The van der Waals surface area contributed by atoms with Gasteiger partial charge in [-0.2, -0.15) is 0 Å². The van der Waals surface area contributed by atoms with Gasteiger partial charge in [0.25, 0.3) is 0 Å². The monoisotopic (exact) mass is 273 g/mol. The number of halogens is 1. The molecule has 2 aromatic rings. The van der Waals surface area contributed by atoms with Crippen molar-refractivity contribution in [3.05, 3.63) is 60.2 Å². The lowest BCUT2D eigenvalue weighted by molar-refractivity contribution is 0.625. The van der Waals surface area contributed by atoms with E-state index >= 15 is 0 Å². The van der Waals surface area contributed by atoms with Gasteiger partial charge in [-0.05, 0) is 49.2 Å². The molecule has 0 aliphatic rings. The van der Waals surface area contributed by atoms with E-state index in [2.05, 4.69) is 16.0 Å². The van der Waals surface area contributed by atoms with Crippen LogP contribution in [0.1, 0.15) is 12.0 Å². The Bertz CT molecular complexity index is 516. The molecule has 1 aromatic heterocycles. The van der Waals surface area contributed by atoms with Gasteiger partial charge in [-0.3, -0.25) is 4.98 Å². The van der Waals surface area contributed by atoms with Crippen LogP contribution in [-0.4, -0.2) is 24.6 Å². The molecule has 2 N–H and O–H groups in total. The average molecular weight is 273 g/mol. The van der Waals surface area contributed by atoms with Crippen LogP contribution < -0.4 is 10.6 Å². The Morgan fingerprint density at radius 1 is 1.15 bits per heavy atom. The Balaban J connectivity index is 2.03. The summed E-state index contributed by atoms with van der Waals surface area (Å²) in [5.41, 5.74) is 7.67. The molecule has 0 aliphatic heterocycles. The zero-order chi connectivity index (χ0) is 14.2. The number of rotatable bonds is 7. The topological polar surface area (TPSA) is 42.1 Å². The largest absolute Gasteiger partial charge is 0.371 e. The van der Waals surface area contributed by atoms with Gasteiger partial charge in [0.15, 0.2) is 0 Å². The number of nitrogens with zero attached hydrogens (tertiary/aromatic N) is 2. The summed E-state index contributed by atoms with van der Waals surface area (Å²) in [7, 11) is 0. The van der Waals surface area contributed by atoms with Crippen LogP contribution in [0.15, 0.2) is 48.8 Å². The summed E-state index contributed by atoms with van der Waals surface area (Å²) in [5.74, 6) is -0.207. The van der Waals surface area contributed by atoms with Crippen LogP contribution in [0.5, 0.6) is 0 Å². The second kappa shape index (κ2) is 7.60. The second-order valence-corrected chi connectivity index (χ2v) is 4.72. The lowest BCUT2D eigenvalue weighted by atomic mass is 10.2. The molecular weight excluding hydrogens is 253 g/mol. The predicted octanol–water partition coefficient (Wildman–Crippen LogP) is 2.62. The Kier molecular flexibility index (Phi) is 5.50. The molecule has 0 amide bonds. The third-order valence-electron chi connectivity index (χ3n) is 3.20. The van der Waals surface area contributed by atoms with E-state index in [4.69, 9.17) is 5.73 Å². The van der Waals surface area contributed by atoms with Crippen LogP contribution in [0.2, 0.25) is 0 Å². The summed E-state index contributed by atoms with van der Waals surface area (Å²) in [6.45, 7) is 2.30. The molecule has 0 radical (unpaired) electrons. The zero-order valence-corrected chi connectivity index (χ0v) is 11.5. The minimum absolute atomic E-state index is 0.207. The molecule has 0 unspecified atom stereocenters. The third kappa shape index (κ3) is 4.31. The SMILES string of the molecule is NCCCN(CCc1cccnc1)c1cccc(F)c1. The molecule has 2 rings (SSSR count). The van der Waals surface area contributed by atoms with E-state index in [-0.39, 0.29) is 5.82 Å². The fraction of sp³-hybridized carbons (Fsp3) is 0.312. The maximum absolute atomic E-state index is 13.4. The normalized spacial score (nSPS) is 10.5. The van der Waals surface area contributed by atoms with Gasteiger partial charge >= 0.3 is 0 Å². The van der Waals surface area contributed by atoms with Crippen LogP contribution in [0.25, 0.3) is 0 Å².